The molecular formula is C23H17F4N5O2. The number of amides is 2. The molecule has 11 heteroatoms. The second kappa shape index (κ2) is 9.30. The van der Waals surface area contributed by atoms with Crippen molar-refractivity contribution in [2.45, 2.75) is 20.0 Å². The van der Waals surface area contributed by atoms with Crippen LogP contribution in [-0.4, -0.2) is 26.4 Å². The van der Waals surface area contributed by atoms with Gasteiger partial charge in [0, 0.05) is 24.8 Å². The fourth-order valence-electron chi connectivity index (χ4n) is 3.20. The number of carbonyl (C=O) groups excluding carboxylic acids is 2. The Morgan fingerprint density at radius 3 is 1.82 bits per heavy atom. The Labute approximate surface area is 190 Å². The zero-order valence-electron chi connectivity index (χ0n) is 17.7. The topological polar surface area (TPSA) is 88.4 Å². The molecule has 0 saturated heterocycles. The number of nitrogens with zero attached hydrogens (tertiary/aromatic N) is 3. The van der Waals surface area contributed by atoms with Crippen LogP contribution in [0.5, 0.6) is 0 Å². The van der Waals surface area contributed by atoms with Crippen LogP contribution >= 0.6 is 0 Å². The van der Waals surface area contributed by atoms with Crippen LogP contribution in [0.2, 0.25) is 0 Å². The maximum atomic E-state index is 13.3. The van der Waals surface area contributed by atoms with Gasteiger partial charge in [-0.3, -0.25) is 9.59 Å². The first-order valence-electron chi connectivity index (χ1n) is 10.0. The maximum Gasteiger partial charge on any atom is 0.272 e. The van der Waals surface area contributed by atoms with Gasteiger partial charge in [-0.05, 0) is 48.4 Å². The van der Waals surface area contributed by atoms with E-state index in [-0.39, 0.29) is 30.1 Å². The molecule has 0 aliphatic rings. The van der Waals surface area contributed by atoms with Crippen LogP contribution in [0.15, 0.2) is 48.5 Å². The van der Waals surface area contributed by atoms with E-state index in [1.54, 1.807) is 6.92 Å². The highest BCUT2D eigenvalue weighted by atomic mass is 19.2. The second-order valence-corrected chi connectivity index (χ2v) is 7.44. The fraction of sp³-hybridized carbons (Fsp3) is 0.130. The number of halogens is 4. The van der Waals surface area contributed by atoms with Crippen LogP contribution in [0, 0.1) is 30.2 Å². The SMILES string of the molecule is Cc1cc(C(=O)NCc2ccc(F)c(F)c2)nc2cc(C(=O)NCc3ccc(F)c(F)c3)nn12. The number of hydrogen-bond acceptors (Lipinski definition) is 4. The van der Waals surface area contributed by atoms with Crippen LogP contribution < -0.4 is 10.6 Å². The highest BCUT2D eigenvalue weighted by Gasteiger charge is 2.16. The van der Waals surface area contributed by atoms with Crippen molar-refractivity contribution in [3.8, 4) is 0 Å². The number of aromatic nitrogens is 3. The molecule has 34 heavy (non-hydrogen) atoms. The van der Waals surface area contributed by atoms with Crippen LogP contribution in [0.3, 0.4) is 0 Å². The number of hydrogen-bond donors (Lipinski definition) is 2. The summed E-state index contributed by atoms with van der Waals surface area (Å²) >= 11 is 0. The molecule has 4 aromatic rings. The van der Waals surface area contributed by atoms with Gasteiger partial charge in [-0.2, -0.15) is 5.10 Å². The van der Waals surface area contributed by atoms with E-state index in [4.69, 9.17) is 0 Å². The summed E-state index contributed by atoms with van der Waals surface area (Å²) in [6.07, 6.45) is 0. The molecular weight excluding hydrogens is 454 g/mol. The highest BCUT2D eigenvalue weighted by molar-refractivity contribution is 5.94. The average molecular weight is 471 g/mol. The highest BCUT2D eigenvalue weighted by Crippen LogP contribution is 2.12. The van der Waals surface area contributed by atoms with Crippen molar-refractivity contribution in [2.75, 3.05) is 0 Å². The Morgan fingerprint density at radius 2 is 1.29 bits per heavy atom. The van der Waals surface area contributed by atoms with Crippen molar-refractivity contribution < 1.29 is 27.2 Å². The van der Waals surface area contributed by atoms with E-state index in [1.165, 1.54) is 28.8 Å². The van der Waals surface area contributed by atoms with Crippen molar-refractivity contribution in [1.29, 1.82) is 0 Å². The molecule has 0 radical (unpaired) electrons. The van der Waals surface area contributed by atoms with Gasteiger partial charge in [0.15, 0.2) is 34.6 Å². The van der Waals surface area contributed by atoms with Crippen LogP contribution in [-0.2, 0) is 13.1 Å². The molecule has 4 rings (SSSR count). The normalized spacial score (nSPS) is 11.0. The minimum absolute atomic E-state index is 0.0116. The molecule has 2 N–H and O–H groups in total. The first-order valence-corrected chi connectivity index (χ1v) is 10.0. The van der Waals surface area contributed by atoms with Gasteiger partial charge in [-0.15, -0.1) is 0 Å². The van der Waals surface area contributed by atoms with Crippen LogP contribution in [0.1, 0.15) is 37.8 Å². The third kappa shape index (κ3) is 4.87. The molecule has 0 unspecified atom stereocenters. The summed E-state index contributed by atoms with van der Waals surface area (Å²) in [5.41, 5.74) is 1.54. The van der Waals surface area contributed by atoms with Gasteiger partial charge in [-0.1, -0.05) is 12.1 Å². The molecule has 0 spiro atoms. The van der Waals surface area contributed by atoms with E-state index < -0.39 is 35.1 Å². The molecule has 0 aliphatic heterocycles. The summed E-state index contributed by atoms with van der Waals surface area (Å²) < 4.78 is 54.1. The molecule has 2 amide bonds. The molecule has 2 aromatic heterocycles. The standard InChI is InChI=1S/C23H17F4N5O2/c1-12-6-19(22(33)28-10-13-2-4-15(24)17(26)7-13)30-21-9-20(31-32(12)21)23(34)29-11-14-3-5-16(25)18(27)8-14/h2-9H,10-11H2,1H3,(H,28,33)(H,29,34). The molecule has 0 atom stereocenters. The lowest BCUT2D eigenvalue weighted by Crippen LogP contribution is -2.24. The summed E-state index contributed by atoms with van der Waals surface area (Å²) in [6.45, 7) is 1.57. The number of carbonyl (C=O) groups is 2. The molecule has 174 valence electrons. The van der Waals surface area contributed by atoms with Crippen molar-refractivity contribution >= 4 is 17.5 Å². The molecule has 0 bridgehead atoms. The Balaban J connectivity index is 1.46. The lowest BCUT2D eigenvalue weighted by atomic mass is 10.2. The van der Waals surface area contributed by atoms with Crippen molar-refractivity contribution in [1.82, 2.24) is 25.2 Å². The lowest BCUT2D eigenvalue weighted by Gasteiger charge is -2.07. The monoisotopic (exact) mass is 471 g/mol. The Bertz CT molecular complexity index is 1420. The average Bonchev–Trinajstić information content (AvgIpc) is 3.25. The van der Waals surface area contributed by atoms with Gasteiger partial charge in [0.25, 0.3) is 11.8 Å². The summed E-state index contributed by atoms with van der Waals surface area (Å²) in [4.78, 5) is 29.2. The number of aryl methyl sites for hydroxylation is 1. The molecule has 7 nitrogen and oxygen atoms in total. The van der Waals surface area contributed by atoms with Gasteiger partial charge in [0.05, 0.1) is 0 Å². The summed E-state index contributed by atoms with van der Waals surface area (Å²) in [6, 6.07) is 9.44. The largest absolute Gasteiger partial charge is 0.347 e. The number of fused-ring (bicyclic) bond motifs is 1. The predicted molar refractivity (Wildman–Crippen MR) is 113 cm³/mol. The first kappa shape index (κ1) is 22.9. The van der Waals surface area contributed by atoms with Gasteiger partial charge in [-0.25, -0.2) is 27.1 Å². The van der Waals surface area contributed by atoms with E-state index in [2.05, 4.69) is 20.7 Å². The third-order valence-corrected chi connectivity index (χ3v) is 4.94. The molecule has 2 aromatic carbocycles. The van der Waals surface area contributed by atoms with Crippen molar-refractivity contribution in [3.63, 3.8) is 0 Å². The van der Waals surface area contributed by atoms with Crippen LogP contribution in [0.4, 0.5) is 17.6 Å². The smallest absolute Gasteiger partial charge is 0.272 e. The van der Waals surface area contributed by atoms with Crippen molar-refractivity contribution in [3.05, 3.63) is 100 Å². The van der Waals surface area contributed by atoms with E-state index in [1.807, 2.05) is 0 Å². The van der Waals surface area contributed by atoms with E-state index in [9.17, 15) is 27.2 Å². The Morgan fingerprint density at radius 1 is 0.765 bits per heavy atom. The summed E-state index contributed by atoms with van der Waals surface area (Å²) in [5.74, 6) is -5.13. The molecule has 2 heterocycles. The van der Waals surface area contributed by atoms with Gasteiger partial charge >= 0.3 is 0 Å². The Hall–Kier alpha value is -4.28. The van der Waals surface area contributed by atoms with E-state index >= 15 is 0 Å². The molecule has 0 saturated carbocycles. The minimum atomic E-state index is -1.02. The lowest BCUT2D eigenvalue weighted by molar-refractivity contribution is 0.0937. The first-order chi connectivity index (χ1) is 16.2. The maximum absolute atomic E-state index is 13.3. The van der Waals surface area contributed by atoms with Gasteiger partial charge in [0.1, 0.15) is 5.69 Å². The third-order valence-electron chi connectivity index (χ3n) is 4.94. The summed E-state index contributed by atoms with van der Waals surface area (Å²) in [7, 11) is 0. The zero-order chi connectivity index (χ0) is 24.4. The van der Waals surface area contributed by atoms with E-state index in [0.717, 1.165) is 24.3 Å². The van der Waals surface area contributed by atoms with Crippen LogP contribution in [0.25, 0.3) is 5.65 Å². The summed E-state index contributed by atoms with van der Waals surface area (Å²) in [5, 5.41) is 9.30. The van der Waals surface area contributed by atoms with E-state index in [0.29, 0.717) is 16.8 Å². The van der Waals surface area contributed by atoms with Crippen molar-refractivity contribution in [2.24, 2.45) is 0 Å². The minimum Gasteiger partial charge on any atom is -0.347 e. The fourth-order valence-corrected chi connectivity index (χ4v) is 3.20. The van der Waals surface area contributed by atoms with Gasteiger partial charge < -0.3 is 10.6 Å². The predicted octanol–water partition coefficient (Wildman–Crippen LogP) is 3.45. The molecule has 0 aliphatic carbocycles. The number of nitrogens with one attached hydrogen (secondary N) is 2. The zero-order valence-corrected chi connectivity index (χ0v) is 17.7. The molecule has 0 fully saturated rings. The number of rotatable bonds is 6. The number of benzene rings is 2. The quantitative estimate of drug-likeness (QED) is 0.422. The Kier molecular flexibility index (Phi) is 6.26. The second-order valence-electron chi connectivity index (χ2n) is 7.44. The van der Waals surface area contributed by atoms with Gasteiger partial charge in [0.2, 0.25) is 0 Å².